The van der Waals surface area contributed by atoms with Crippen LogP contribution in [0.15, 0.2) is 103 Å². The van der Waals surface area contributed by atoms with Crippen LogP contribution in [-0.4, -0.2) is 34.8 Å². The summed E-state index contributed by atoms with van der Waals surface area (Å²) in [5.74, 6) is -0.641. The van der Waals surface area contributed by atoms with Gasteiger partial charge in [0, 0.05) is 25.5 Å². The zero-order valence-electron chi connectivity index (χ0n) is 23.2. The van der Waals surface area contributed by atoms with Crippen LogP contribution in [0.3, 0.4) is 0 Å². The fourth-order valence-corrected chi connectivity index (χ4v) is 5.15. The fourth-order valence-electron chi connectivity index (χ4n) is 5.15. The molecule has 0 bridgehead atoms. The van der Waals surface area contributed by atoms with Gasteiger partial charge in [0.15, 0.2) is 0 Å². The van der Waals surface area contributed by atoms with Gasteiger partial charge in [-0.3, -0.25) is 9.78 Å². The Morgan fingerprint density at radius 1 is 0.929 bits per heavy atom. The molecule has 1 saturated heterocycles. The third-order valence-corrected chi connectivity index (χ3v) is 7.67. The topological polar surface area (TPSA) is 109 Å². The van der Waals surface area contributed by atoms with E-state index in [9.17, 15) is 14.9 Å². The molecule has 1 atom stereocenters. The Labute approximate surface area is 245 Å². The molecular formula is C35H32N4O3. The van der Waals surface area contributed by atoms with Crippen molar-refractivity contribution < 1.29 is 14.3 Å². The van der Waals surface area contributed by atoms with Gasteiger partial charge in [0.25, 0.3) is 5.91 Å². The van der Waals surface area contributed by atoms with Gasteiger partial charge in [0.2, 0.25) is 0 Å². The summed E-state index contributed by atoms with van der Waals surface area (Å²) in [6, 6.07) is 30.0. The lowest BCUT2D eigenvalue weighted by molar-refractivity contribution is -0.146. The summed E-state index contributed by atoms with van der Waals surface area (Å²) < 4.78 is 5.43. The molecule has 1 aromatic heterocycles. The molecule has 5 rings (SSSR count). The standard InChI is InChI=1S/C35H32N4O3/c36-25-35(31-13-7-12-29(21-31)32(37)34(41)42-24-27-10-5-2-6-11-27)16-18-39(19-17-35)33(40)30-20-28(22-38-23-30)15-14-26-8-3-1-4-9-26/h1-15,20-23,32H,16-19,24,37H2. The number of piperidine rings is 1. The number of pyridine rings is 1. The molecule has 0 radical (unpaired) electrons. The number of nitrogens with zero attached hydrogens (tertiary/aromatic N) is 3. The van der Waals surface area contributed by atoms with Crippen molar-refractivity contribution in [2.24, 2.45) is 5.73 Å². The van der Waals surface area contributed by atoms with Crippen molar-refractivity contribution in [1.29, 1.82) is 5.26 Å². The summed E-state index contributed by atoms with van der Waals surface area (Å²) in [6.07, 6.45) is 8.15. The second kappa shape index (κ2) is 13.1. The molecule has 3 aromatic carbocycles. The lowest BCUT2D eigenvalue weighted by Crippen LogP contribution is -2.44. The van der Waals surface area contributed by atoms with Crippen molar-refractivity contribution in [2.45, 2.75) is 30.9 Å². The number of benzene rings is 3. The van der Waals surface area contributed by atoms with E-state index in [1.165, 1.54) is 0 Å². The van der Waals surface area contributed by atoms with Crippen LogP contribution in [0.5, 0.6) is 0 Å². The number of carbonyl (C=O) groups is 2. The predicted molar refractivity (Wildman–Crippen MR) is 162 cm³/mol. The highest BCUT2D eigenvalue weighted by Gasteiger charge is 2.38. The number of nitrogens with two attached hydrogens (primary N) is 1. The number of hydrogen-bond donors (Lipinski definition) is 1. The summed E-state index contributed by atoms with van der Waals surface area (Å²) in [5.41, 5.74) is 10.1. The van der Waals surface area contributed by atoms with E-state index in [0.29, 0.717) is 37.1 Å². The van der Waals surface area contributed by atoms with Gasteiger partial charge in [-0.1, -0.05) is 97.1 Å². The largest absolute Gasteiger partial charge is 0.459 e. The first-order chi connectivity index (χ1) is 20.5. The van der Waals surface area contributed by atoms with E-state index in [0.717, 1.165) is 22.3 Å². The van der Waals surface area contributed by atoms with Gasteiger partial charge in [-0.05, 0) is 46.7 Å². The molecule has 1 amide bonds. The Morgan fingerprint density at radius 3 is 2.33 bits per heavy atom. The van der Waals surface area contributed by atoms with E-state index in [-0.39, 0.29) is 12.5 Å². The molecule has 0 saturated carbocycles. The molecule has 7 nitrogen and oxygen atoms in total. The van der Waals surface area contributed by atoms with Crippen molar-refractivity contribution in [3.8, 4) is 6.07 Å². The minimum absolute atomic E-state index is 0.110. The Morgan fingerprint density at radius 2 is 1.62 bits per heavy atom. The van der Waals surface area contributed by atoms with Crippen molar-refractivity contribution in [2.75, 3.05) is 13.1 Å². The van der Waals surface area contributed by atoms with Gasteiger partial charge in [-0.15, -0.1) is 0 Å². The van der Waals surface area contributed by atoms with Crippen molar-refractivity contribution in [3.05, 3.63) is 137 Å². The molecule has 42 heavy (non-hydrogen) atoms. The molecule has 2 heterocycles. The number of carbonyl (C=O) groups excluding carboxylic acids is 2. The first kappa shape index (κ1) is 28.5. The maximum atomic E-state index is 13.4. The smallest absolute Gasteiger partial charge is 0.327 e. The number of aromatic nitrogens is 1. The van der Waals surface area contributed by atoms with Gasteiger partial charge >= 0.3 is 5.97 Å². The van der Waals surface area contributed by atoms with Crippen LogP contribution in [0, 0.1) is 11.3 Å². The summed E-state index contributed by atoms with van der Waals surface area (Å²) in [7, 11) is 0. The molecule has 0 aliphatic carbocycles. The molecule has 1 aliphatic heterocycles. The molecule has 4 aromatic rings. The van der Waals surface area contributed by atoms with Gasteiger partial charge < -0.3 is 15.4 Å². The Bertz CT molecular complexity index is 1600. The Kier molecular flexibility index (Phi) is 8.86. The van der Waals surface area contributed by atoms with E-state index in [4.69, 9.17) is 10.5 Å². The first-order valence-corrected chi connectivity index (χ1v) is 13.9. The van der Waals surface area contributed by atoms with Gasteiger partial charge in [0.1, 0.15) is 12.6 Å². The van der Waals surface area contributed by atoms with Crippen molar-refractivity contribution in [3.63, 3.8) is 0 Å². The SMILES string of the molecule is N#CC1(c2cccc(C(N)C(=O)OCc3ccccc3)c2)CCN(C(=O)c2cncc(C=Cc3ccccc3)c2)CC1. The van der Waals surface area contributed by atoms with Gasteiger partial charge in [-0.2, -0.15) is 5.26 Å². The molecule has 7 heteroatoms. The summed E-state index contributed by atoms with van der Waals surface area (Å²) in [4.78, 5) is 32.1. The van der Waals surface area contributed by atoms with E-state index < -0.39 is 17.4 Å². The Hall–Kier alpha value is -5.06. The molecule has 210 valence electrons. The van der Waals surface area contributed by atoms with E-state index in [1.54, 1.807) is 23.4 Å². The van der Waals surface area contributed by atoms with Crippen LogP contribution in [-0.2, 0) is 21.6 Å². The maximum absolute atomic E-state index is 13.4. The highest BCUT2D eigenvalue weighted by atomic mass is 16.5. The molecular weight excluding hydrogens is 524 g/mol. The van der Waals surface area contributed by atoms with Crippen LogP contribution in [0.2, 0.25) is 0 Å². The maximum Gasteiger partial charge on any atom is 0.327 e. The third kappa shape index (κ3) is 6.63. The lowest BCUT2D eigenvalue weighted by Gasteiger charge is -2.38. The second-order valence-electron chi connectivity index (χ2n) is 10.4. The quantitative estimate of drug-likeness (QED) is 0.279. The minimum Gasteiger partial charge on any atom is -0.459 e. The van der Waals surface area contributed by atoms with Crippen LogP contribution >= 0.6 is 0 Å². The van der Waals surface area contributed by atoms with E-state index >= 15 is 0 Å². The average molecular weight is 557 g/mol. The number of ether oxygens (including phenoxy) is 1. The zero-order chi connectivity index (χ0) is 29.4. The van der Waals surface area contributed by atoms with E-state index in [2.05, 4.69) is 11.1 Å². The van der Waals surface area contributed by atoms with Crippen molar-refractivity contribution in [1.82, 2.24) is 9.88 Å². The third-order valence-electron chi connectivity index (χ3n) is 7.67. The molecule has 2 N–H and O–H groups in total. The van der Waals surface area contributed by atoms with Crippen LogP contribution in [0.1, 0.15) is 57.1 Å². The normalized spacial score (nSPS) is 15.1. The molecule has 0 spiro atoms. The number of amides is 1. The van der Waals surface area contributed by atoms with Gasteiger partial charge in [0.05, 0.1) is 17.0 Å². The molecule has 1 unspecified atom stereocenters. The van der Waals surface area contributed by atoms with E-state index in [1.807, 2.05) is 97.1 Å². The molecule has 1 aliphatic rings. The number of rotatable bonds is 8. The number of nitriles is 1. The number of hydrogen-bond acceptors (Lipinski definition) is 6. The predicted octanol–water partition coefficient (Wildman–Crippen LogP) is 5.69. The summed E-state index contributed by atoms with van der Waals surface area (Å²) in [5, 5.41) is 10.3. The van der Waals surface area contributed by atoms with Crippen LogP contribution < -0.4 is 5.73 Å². The highest BCUT2D eigenvalue weighted by Crippen LogP contribution is 2.36. The minimum atomic E-state index is -0.971. The average Bonchev–Trinajstić information content (AvgIpc) is 3.06. The van der Waals surface area contributed by atoms with Crippen molar-refractivity contribution >= 4 is 24.0 Å². The lowest BCUT2D eigenvalue weighted by atomic mass is 9.73. The van der Waals surface area contributed by atoms with Gasteiger partial charge in [-0.25, -0.2) is 4.79 Å². The summed E-state index contributed by atoms with van der Waals surface area (Å²) >= 11 is 0. The number of likely N-dealkylation sites (tertiary alicyclic amines) is 1. The first-order valence-electron chi connectivity index (χ1n) is 13.9. The van der Waals surface area contributed by atoms with Crippen LogP contribution in [0.25, 0.3) is 12.2 Å². The number of esters is 1. The monoisotopic (exact) mass is 556 g/mol. The fraction of sp³-hybridized carbons (Fsp3) is 0.200. The Balaban J connectivity index is 1.23. The van der Waals surface area contributed by atoms with Crippen LogP contribution in [0.4, 0.5) is 0 Å². The zero-order valence-corrected chi connectivity index (χ0v) is 23.2. The highest BCUT2D eigenvalue weighted by molar-refractivity contribution is 5.94. The molecule has 1 fully saturated rings. The second-order valence-corrected chi connectivity index (χ2v) is 10.4. The summed E-state index contributed by atoms with van der Waals surface area (Å²) in [6.45, 7) is 0.985.